The third-order valence-corrected chi connectivity index (χ3v) is 6.37. The standard InChI is InChI=1S/C20H20ClFN6O2S/c1-27-10-20(30-19(27)29)4-2-3-12(6-20)25-17-15(22)8-23-16(26-17)14-9-28(31)18-13(14)5-11(21)7-24-18/h5,7-9,12,31H,2-4,6,10H2,1H3,(H,23,25,26). The Morgan fingerprint density at radius 3 is 3.00 bits per heavy atom. The second-order valence-corrected chi connectivity index (χ2v) is 9.01. The quantitative estimate of drug-likeness (QED) is 0.569. The van der Waals surface area contributed by atoms with E-state index in [9.17, 15) is 9.18 Å². The van der Waals surface area contributed by atoms with Gasteiger partial charge >= 0.3 is 6.09 Å². The number of carbonyl (C=O) groups excluding carboxylic acids is 1. The van der Waals surface area contributed by atoms with E-state index in [1.165, 1.54) is 6.20 Å². The molecule has 3 aromatic heterocycles. The van der Waals surface area contributed by atoms with Gasteiger partial charge in [0.15, 0.2) is 23.1 Å². The number of pyridine rings is 1. The number of ether oxygens (including phenoxy) is 1. The molecular formula is C20H20ClFN6O2S. The van der Waals surface area contributed by atoms with E-state index in [4.69, 9.17) is 16.3 Å². The number of likely N-dealkylation sites (N-methyl/N-ethyl adjacent to an activating group) is 1. The fourth-order valence-electron chi connectivity index (χ4n) is 4.51. The zero-order valence-corrected chi connectivity index (χ0v) is 18.3. The molecule has 1 aliphatic carbocycles. The van der Waals surface area contributed by atoms with Crippen LogP contribution in [0.25, 0.3) is 22.4 Å². The van der Waals surface area contributed by atoms with Gasteiger partial charge in [-0.25, -0.2) is 24.1 Å². The van der Waals surface area contributed by atoms with E-state index in [0.29, 0.717) is 35.0 Å². The van der Waals surface area contributed by atoms with Gasteiger partial charge in [-0.3, -0.25) is 3.97 Å². The van der Waals surface area contributed by atoms with E-state index >= 15 is 0 Å². The molecular weight excluding hydrogens is 443 g/mol. The van der Waals surface area contributed by atoms with Crippen molar-refractivity contribution >= 4 is 47.4 Å². The maximum atomic E-state index is 14.6. The summed E-state index contributed by atoms with van der Waals surface area (Å²) in [5.41, 5.74) is 0.719. The number of amides is 1. The van der Waals surface area contributed by atoms with Crippen molar-refractivity contribution in [2.45, 2.75) is 37.3 Å². The molecule has 1 saturated heterocycles. The van der Waals surface area contributed by atoms with Crippen molar-refractivity contribution < 1.29 is 13.9 Å². The van der Waals surface area contributed by atoms with Crippen LogP contribution in [0.15, 0.2) is 24.7 Å². The van der Waals surface area contributed by atoms with Gasteiger partial charge in [-0.1, -0.05) is 24.4 Å². The minimum atomic E-state index is -0.547. The Balaban J connectivity index is 1.44. The lowest BCUT2D eigenvalue weighted by molar-refractivity contribution is 0.0222. The van der Waals surface area contributed by atoms with Crippen LogP contribution < -0.4 is 5.32 Å². The highest BCUT2D eigenvalue weighted by atomic mass is 35.5. The normalized spacial score (nSPS) is 23.5. The number of halogens is 2. The van der Waals surface area contributed by atoms with Gasteiger partial charge in [0.2, 0.25) is 0 Å². The van der Waals surface area contributed by atoms with Crippen LogP contribution in [-0.4, -0.2) is 55.2 Å². The Labute approximate surface area is 188 Å². The van der Waals surface area contributed by atoms with Gasteiger partial charge in [0, 0.05) is 42.9 Å². The molecule has 4 heterocycles. The Hall–Kier alpha value is -2.59. The summed E-state index contributed by atoms with van der Waals surface area (Å²) in [6, 6.07) is 1.68. The molecule has 0 aromatic carbocycles. The van der Waals surface area contributed by atoms with Crippen molar-refractivity contribution in [3.8, 4) is 11.4 Å². The van der Waals surface area contributed by atoms with Crippen molar-refractivity contribution in [1.29, 1.82) is 0 Å². The summed E-state index contributed by atoms with van der Waals surface area (Å²) in [5.74, 6) is -0.0993. The SMILES string of the molecule is CN1CC2(CCCC(Nc3nc(-c4cn(S)c5ncc(Cl)cc45)ncc3F)C2)OC1=O. The van der Waals surface area contributed by atoms with Crippen molar-refractivity contribution in [3.63, 3.8) is 0 Å². The van der Waals surface area contributed by atoms with Crippen molar-refractivity contribution in [2.24, 2.45) is 0 Å². The van der Waals surface area contributed by atoms with Gasteiger partial charge in [0.05, 0.1) is 17.8 Å². The van der Waals surface area contributed by atoms with Crippen molar-refractivity contribution in [3.05, 3.63) is 35.5 Å². The van der Waals surface area contributed by atoms with E-state index in [1.807, 2.05) is 0 Å². The molecule has 162 valence electrons. The second kappa shape index (κ2) is 7.52. The summed E-state index contributed by atoms with van der Waals surface area (Å²) >= 11 is 10.5. The molecule has 1 spiro atoms. The first-order valence-electron chi connectivity index (χ1n) is 9.93. The molecule has 2 fully saturated rings. The molecule has 0 radical (unpaired) electrons. The zero-order chi connectivity index (χ0) is 21.8. The smallest absolute Gasteiger partial charge is 0.410 e. The summed E-state index contributed by atoms with van der Waals surface area (Å²) < 4.78 is 21.8. The summed E-state index contributed by atoms with van der Waals surface area (Å²) in [6.45, 7) is 0.538. The third kappa shape index (κ3) is 3.67. The van der Waals surface area contributed by atoms with E-state index in [0.717, 1.165) is 30.8 Å². The summed E-state index contributed by atoms with van der Waals surface area (Å²) in [5, 5.41) is 4.39. The maximum absolute atomic E-state index is 14.6. The Bertz CT molecular complexity index is 1190. The van der Waals surface area contributed by atoms with Crippen LogP contribution in [0.5, 0.6) is 0 Å². The van der Waals surface area contributed by atoms with Gasteiger partial charge in [0.25, 0.3) is 0 Å². The lowest BCUT2D eigenvalue weighted by Gasteiger charge is -2.36. The van der Waals surface area contributed by atoms with Gasteiger partial charge in [-0.05, 0) is 25.3 Å². The number of fused-ring (bicyclic) bond motifs is 1. The van der Waals surface area contributed by atoms with Crippen LogP contribution in [0.3, 0.4) is 0 Å². The number of carbonyl (C=O) groups is 1. The Kier molecular flexibility index (Phi) is 4.93. The molecule has 8 nitrogen and oxygen atoms in total. The van der Waals surface area contributed by atoms with E-state index < -0.39 is 11.4 Å². The van der Waals surface area contributed by atoms with E-state index in [2.05, 4.69) is 33.1 Å². The largest absolute Gasteiger partial charge is 0.441 e. The first-order valence-corrected chi connectivity index (χ1v) is 10.7. The third-order valence-electron chi connectivity index (χ3n) is 5.86. The maximum Gasteiger partial charge on any atom is 0.410 e. The van der Waals surface area contributed by atoms with Crippen LogP contribution in [0.2, 0.25) is 5.02 Å². The van der Waals surface area contributed by atoms with E-state index in [1.54, 1.807) is 28.2 Å². The number of hydrogen-bond acceptors (Lipinski definition) is 7. The Morgan fingerprint density at radius 1 is 1.39 bits per heavy atom. The zero-order valence-electron chi connectivity index (χ0n) is 16.7. The molecule has 5 rings (SSSR count). The van der Waals surface area contributed by atoms with Crippen LogP contribution in [-0.2, 0) is 4.74 Å². The minimum absolute atomic E-state index is 0.0763. The van der Waals surface area contributed by atoms with Crippen LogP contribution in [0.4, 0.5) is 15.0 Å². The molecule has 2 unspecified atom stereocenters. The number of thiol groups is 1. The number of aromatic nitrogens is 4. The van der Waals surface area contributed by atoms with Gasteiger partial charge in [-0.15, -0.1) is 0 Å². The van der Waals surface area contributed by atoms with Crippen LogP contribution in [0, 0.1) is 5.82 Å². The molecule has 11 heteroatoms. The highest BCUT2D eigenvalue weighted by Gasteiger charge is 2.46. The molecule has 1 aliphatic heterocycles. The van der Waals surface area contributed by atoms with Crippen molar-refractivity contribution in [1.82, 2.24) is 23.8 Å². The van der Waals surface area contributed by atoms with Gasteiger partial charge in [0.1, 0.15) is 5.60 Å². The summed E-state index contributed by atoms with van der Waals surface area (Å²) in [6.07, 6.45) is 7.18. The molecule has 1 amide bonds. The van der Waals surface area contributed by atoms with Gasteiger partial charge in [-0.2, -0.15) is 0 Å². The van der Waals surface area contributed by atoms with Gasteiger partial charge < -0.3 is 15.0 Å². The predicted molar refractivity (Wildman–Crippen MR) is 118 cm³/mol. The highest BCUT2D eigenvalue weighted by molar-refractivity contribution is 7.78. The lowest BCUT2D eigenvalue weighted by atomic mass is 9.81. The molecule has 31 heavy (non-hydrogen) atoms. The number of anilines is 1. The Morgan fingerprint density at radius 2 is 2.23 bits per heavy atom. The first-order chi connectivity index (χ1) is 14.8. The fraction of sp³-hybridized carbons (Fsp3) is 0.400. The van der Waals surface area contributed by atoms with Crippen molar-refractivity contribution in [2.75, 3.05) is 18.9 Å². The molecule has 2 aliphatic rings. The molecule has 1 N–H and O–H groups in total. The minimum Gasteiger partial charge on any atom is -0.441 e. The molecule has 3 aromatic rings. The van der Waals surface area contributed by atoms with Crippen LogP contribution >= 0.6 is 24.4 Å². The van der Waals surface area contributed by atoms with E-state index in [-0.39, 0.29) is 18.0 Å². The average Bonchev–Trinajstić information content (AvgIpc) is 3.19. The predicted octanol–water partition coefficient (Wildman–Crippen LogP) is 4.15. The lowest BCUT2D eigenvalue weighted by Crippen LogP contribution is -2.43. The average molecular weight is 463 g/mol. The second-order valence-electron chi connectivity index (χ2n) is 8.15. The fourth-order valence-corrected chi connectivity index (χ4v) is 4.94. The number of hydrogen-bond donors (Lipinski definition) is 2. The van der Waals surface area contributed by atoms with Crippen LogP contribution in [0.1, 0.15) is 25.7 Å². The number of nitrogens with zero attached hydrogens (tertiary/aromatic N) is 5. The molecule has 2 atom stereocenters. The number of nitrogens with one attached hydrogen (secondary N) is 1. The topological polar surface area (TPSA) is 85.2 Å². The monoisotopic (exact) mass is 462 g/mol. The highest BCUT2D eigenvalue weighted by Crippen LogP contribution is 2.38. The number of rotatable bonds is 3. The summed E-state index contributed by atoms with van der Waals surface area (Å²) in [4.78, 5) is 26.3. The molecule has 1 saturated carbocycles. The first kappa shape index (κ1) is 20.3. The molecule has 0 bridgehead atoms. The summed E-state index contributed by atoms with van der Waals surface area (Å²) in [7, 11) is 1.73.